The van der Waals surface area contributed by atoms with E-state index < -0.39 is 16.9 Å². The van der Waals surface area contributed by atoms with Crippen LogP contribution in [-0.2, 0) is 27.0 Å². The number of benzene rings is 3. The molecule has 0 saturated carbocycles. The first-order valence-corrected chi connectivity index (χ1v) is 14.3. The monoisotopic (exact) mass is 567 g/mol. The maximum Gasteiger partial charge on any atom is 0.251 e. The molecule has 0 aliphatic carbocycles. The highest BCUT2D eigenvalue weighted by atomic mass is 16.5. The molecule has 216 valence electrons. The number of ether oxygens (including phenoxy) is 3. The first kappa shape index (κ1) is 26.5. The van der Waals surface area contributed by atoms with Gasteiger partial charge in [-0.1, -0.05) is 37.3 Å². The number of anilines is 2. The average Bonchev–Trinajstić information content (AvgIpc) is 3.74. The number of Topliss-reactive ketones (excluding diaryl/α,β-unsaturated/α-hetero) is 1. The van der Waals surface area contributed by atoms with Gasteiger partial charge in [0.25, 0.3) is 5.91 Å². The second-order valence-electron chi connectivity index (χ2n) is 11.4. The van der Waals surface area contributed by atoms with Crippen LogP contribution in [0.4, 0.5) is 11.4 Å². The molecule has 3 aromatic carbocycles. The summed E-state index contributed by atoms with van der Waals surface area (Å²) < 4.78 is 16.7. The SMILES string of the molecule is CCc1ccc2c(c1)[C@]1(C(=O)N2)N2CCC[C@H]2[C@@H](C(=O)c2cc(OC)c(OC)c(OC)c2)[C@]12C(=O)Nc1ccccc12. The Kier molecular flexibility index (Phi) is 5.89. The number of nitrogens with zero attached hydrogens (tertiary/aromatic N) is 1. The van der Waals surface area contributed by atoms with Gasteiger partial charge in [0.1, 0.15) is 11.0 Å². The summed E-state index contributed by atoms with van der Waals surface area (Å²) in [5, 5.41) is 6.20. The molecule has 2 saturated heterocycles. The second kappa shape index (κ2) is 9.32. The van der Waals surface area contributed by atoms with Crippen LogP contribution >= 0.6 is 0 Å². The van der Waals surface area contributed by atoms with Crippen molar-refractivity contribution < 1.29 is 28.6 Å². The Bertz CT molecular complexity index is 1640. The summed E-state index contributed by atoms with van der Waals surface area (Å²) in [7, 11) is 4.51. The number of hydrogen-bond donors (Lipinski definition) is 2. The third-order valence-electron chi connectivity index (χ3n) is 9.80. The van der Waals surface area contributed by atoms with Crippen molar-refractivity contribution in [3.63, 3.8) is 0 Å². The zero-order valence-corrected chi connectivity index (χ0v) is 24.1. The Balaban J connectivity index is 1.55. The summed E-state index contributed by atoms with van der Waals surface area (Å²) in [6.07, 6.45) is 2.25. The van der Waals surface area contributed by atoms with Crippen molar-refractivity contribution >= 4 is 29.0 Å². The molecule has 2 amide bonds. The van der Waals surface area contributed by atoms with Crippen LogP contribution in [0.3, 0.4) is 0 Å². The number of methoxy groups -OCH3 is 3. The van der Waals surface area contributed by atoms with E-state index in [4.69, 9.17) is 14.2 Å². The van der Waals surface area contributed by atoms with Crippen molar-refractivity contribution in [1.29, 1.82) is 0 Å². The van der Waals surface area contributed by atoms with Crippen molar-refractivity contribution in [2.24, 2.45) is 5.92 Å². The number of aryl methyl sites for hydroxylation is 1. The lowest BCUT2D eigenvalue weighted by Gasteiger charge is -2.43. The van der Waals surface area contributed by atoms with E-state index >= 15 is 4.79 Å². The number of amides is 2. The lowest BCUT2D eigenvalue weighted by Crippen LogP contribution is -2.62. The predicted molar refractivity (Wildman–Crippen MR) is 157 cm³/mol. The molecule has 4 atom stereocenters. The minimum absolute atomic E-state index is 0.247. The standard InChI is InChI=1S/C33H33N3O6/c1-5-18-12-13-23-21(15-18)33(31(39)35-23)32(20-9-6-7-10-22(20)34-30(32)38)27(24-11-8-14-36(24)33)28(37)19-16-25(40-2)29(42-4)26(17-19)41-3/h6-7,9-10,12-13,15-17,24,27H,5,8,11,14H2,1-4H3,(H,34,38)(H,35,39)/t24-,27-,32+,33+/m0/s1. The van der Waals surface area contributed by atoms with E-state index in [1.165, 1.54) is 21.3 Å². The summed E-state index contributed by atoms with van der Waals surface area (Å²) in [6, 6.07) is 16.4. The highest BCUT2D eigenvalue weighted by Crippen LogP contribution is 2.68. The van der Waals surface area contributed by atoms with Gasteiger partial charge in [0.2, 0.25) is 11.7 Å². The van der Waals surface area contributed by atoms with Crippen molar-refractivity contribution in [3.8, 4) is 17.2 Å². The summed E-state index contributed by atoms with van der Waals surface area (Å²) in [5.74, 6) is -0.664. The fraction of sp³-hybridized carbons (Fsp3) is 0.364. The molecule has 0 aromatic heterocycles. The Hall–Kier alpha value is -4.37. The minimum Gasteiger partial charge on any atom is -0.493 e. The molecular weight excluding hydrogens is 534 g/mol. The number of carbonyl (C=O) groups is 3. The third kappa shape index (κ3) is 3.04. The first-order valence-electron chi connectivity index (χ1n) is 14.3. The number of rotatable bonds is 6. The van der Waals surface area contributed by atoms with E-state index in [-0.39, 0.29) is 23.6 Å². The van der Waals surface area contributed by atoms with Gasteiger partial charge >= 0.3 is 0 Å². The van der Waals surface area contributed by atoms with Gasteiger partial charge in [-0.15, -0.1) is 0 Å². The quantitative estimate of drug-likeness (QED) is 0.428. The van der Waals surface area contributed by atoms with Crippen LogP contribution in [0.25, 0.3) is 0 Å². The number of ketones is 1. The maximum absolute atomic E-state index is 15.0. The topological polar surface area (TPSA) is 106 Å². The second-order valence-corrected chi connectivity index (χ2v) is 11.4. The number of hydrogen-bond acceptors (Lipinski definition) is 7. The van der Waals surface area contributed by atoms with Crippen LogP contribution in [0.1, 0.15) is 46.8 Å². The largest absolute Gasteiger partial charge is 0.493 e. The molecule has 9 heteroatoms. The number of carbonyl (C=O) groups excluding carboxylic acids is 3. The molecular formula is C33H33N3O6. The molecule has 2 fully saturated rings. The van der Waals surface area contributed by atoms with Gasteiger partial charge in [-0.3, -0.25) is 19.3 Å². The zero-order valence-electron chi connectivity index (χ0n) is 24.1. The fourth-order valence-corrected chi connectivity index (χ4v) is 8.25. The van der Waals surface area contributed by atoms with Crippen molar-refractivity contribution in [1.82, 2.24) is 4.90 Å². The molecule has 42 heavy (non-hydrogen) atoms. The molecule has 3 aromatic rings. The van der Waals surface area contributed by atoms with Crippen LogP contribution in [-0.4, -0.2) is 56.4 Å². The lowest BCUT2D eigenvalue weighted by atomic mass is 9.57. The number of nitrogens with one attached hydrogen (secondary N) is 2. The van der Waals surface area contributed by atoms with Gasteiger partial charge in [0.05, 0.1) is 27.2 Å². The minimum atomic E-state index is -1.52. The van der Waals surface area contributed by atoms with E-state index in [0.717, 1.165) is 24.0 Å². The lowest BCUT2D eigenvalue weighted by molar-refractivity contribution is -0.137. The zero-order chi connectivity index (χ0) is 29.4. The fourth-order valence-electron chi connectivity index (χ4n) is 8.25. The van der Waals surface area contributed by atoms with Crippen LogP contribution in [0.2, 0.25) is 0 Å². The molecule has 0 unspecified atom stereocenters. The van der Waals surface area contributed by atoms with E-state index in [1.807, 2.05) is 42.5 Å². The van der Waals surface area contributed by atoms with Crippen molar-refractivity contribution in [3.05, 3.63) is 76.9 Å². The Labute approximate surface area is 244 Å². The highest BCUT2D eigenvalue weighted by molar-refractivity contribution is 6.21. The van der Waals surface area contributed by atoms with Gasteiger partial charge in [-0.2, -0.15) is 0 Å². The van der Waals surface area contributed by atoms with E-state index in [0.29, 0.717) is 52.7 Å². The van der Waals surface area contributed by atoms with Crippen LogP contribution < -0.4 is 24.8 Å². The van der Waals surface area contributed by atoms with Gasteiger partial charge in [0, 0.05) is 28.5 Å². The van der Waals surface area contributed by atoms with E-state index in [1.54, 1.807) is 12.1 Å². The average molecular weight is 568 g/mol. The normalized spacial score (nSPS) is 27.0. The number of fused-ring (bicyclic) bond motifs is 7. The third-order valence-corrected chi connectivity index (χ3v) is 9.80. The summed E-state index contributed by atoms with van der Waals surface area (Å²) in [6.45, 7) is 2.65. The predicted octanol–water partition coefficient (Wildman–Crippen LogP) is 4.29. The van der Waals surface area contributed by atoms with Crippen molar-refractivity contribution in [2.45, 2.75) is 43.2 Å². The molecule has 9 nitrogen and oxygen atoms in total. The summed E-state index contributed by atoms with van der Waals surface area (Å²) in [4.78, 5) is 46.5. The highest BCUT2D eigenvalue weighted by Gasteiger charge is 2.81. The van der Waals surface area contributed by atoms with Crippen molar-refractivity contribution in [2.75, 3.05) is 38.5 Å². The number of para-hydroxylation sites is 1. The van der Waals surface area contributed by atoms with Gasteiger partial charge in [0.15, 0.2) is 17.3 Å². The molecule has 2 spiro atoms. The van der Waals surface area contributed by atoms with Crippen LogP contribution in [0.15, 0.2) is 54.6 Å². The maximum atomic E-state index is 15.0. The summed E-state index contributed by atoms with van der Waals surface area (Å²) >= 11 is 0. The van der Waals surface area contributed by atoms with Gasteiger partial charge in [-0.25, -0.2) is 0 Å². The van der Waals surface area contributed by atoms with Crippen LogP contribution in [0.5, 0.6) is 17.2 Å². The molecule has 4 heterocycles. The Morgan fingerprint density at radius 1 is 0.905 bits per heavy atom. The van der Waals surface area contributed by atoms with Gasteiger partial charge in [-0.05, 0) is 61.2 Å². The smallest absolute Gasteiger partial charge is 0.251 e. The Morgan fingerprint density at radius 2 is 1.60 bits per heavy atom. The van der Waals surface area contributed by atoms with Crippen LogP contribution in [0, 0.1) is 5.92 Å². The summed E-state index contributed by atoms with van der Waals surface area (Å²) in [5.41, 5.74) is 1.18. The molecule has 4 aliphatic rings. The molecule has 0 radical (unpaired) electrons. The molecule has 7 rings (SSSR count). The molecule has 0 bridgehead atoms. The van der Waals surface area contributed by atoms with E-state index in [2.05, 4.69) is 22.5 Å². The van der Waals surface area contributed by atoms with E-state index in [9.17, 15) is 9.59 Å². The van der Waals surface area contributed by atoms with Gasteiger partial charge < -0.3 is 24.8 Å². The molecule has 2 N–H and O–H groups in total. The molecule has 4 aliphatic heterocycles. The Morgan fingerprint density at radius 3 is 2.29 bits per heavy atom. The first-order chi connectivity index (χ1) is 20.4.